The maximum atomic E-state index is 2.31. The summed E-state index contributed by atoms with van der Waals surface area (Å²) in [4.78, 5) is 0. The quantitative estimate of drug-likeness (QED) is 0.0455. The van der Waals surface area contributed by atoms with Gasteiger partial charge in [-0.25, -0.2) is 0 Å². The summed E-state index contributed by atoms with van der Waals surface area (Å²) in [6, 6.07) is 0. The van der Waals surface area contributed by atoms with Crippen LogP contribution in [0.2, 0.25) is 0 Å². The van der Waals surface area contributed by atoms with Gasteiger partial charge in [-0.05, 0) is 22.7 Å². The molecule has 0 aliphatic carbocycles. The van der Waals surface area contributed by atoms with Crippen LogP contribution in [0.3, 0.4) is 0 Å². The molecule has 0 N–H and O–H groups in total. The van der Waals surface area contributed by atoms with Gasteiger partial charge < -0.3 is 0 Å². The third kappa shape index (κ3) is 47.0. The fourth-order valence-electron chi connectivity index (χ4n) is 6.93. The van der Waals surface area contributed by atoms with Crippen molar-refractivity contribution in [1.29, 1.82) is 0 Å². The summed E-state index contributed by atoms with van der Waals surface area (Å²) in [5.41, 5.74) is 0. The zero-order chi connectivity index (χ0) is 33.8. The zero-order valence-corrected chi connectivity index (χ0v) is 35.4. The predicted molar refractivity (Wildman–Crippen MR) is 229 cm³/mol. The Bertz CT molecular complexity index is 466. The van der Waals surface area contributed by atoms with Gasteiger partial charge in [0.15, 0.2) is 0 Å². The molecule has 0 nitrogen and oxygen atoms in total. The molecule has 0 bridgehead atoms. The van der Waals surface area contributed by atoms with Crippen LogP contribution in [-0.4, -0.2) is 11.5 Å². The number of hydrogen-bond donors (Lipinski definition) is 0. The Hall–Kier alpha value is 1.05. The first-order chi connectivity index (χ1) is 23.4. The molecule has 0 aromatic carbocycles. The number of rotatable bonds is 44. The second kappa shape index (κ2) is 47.0. The van der Waals surface area contributed by atoms with E-state index in [4.69, 9.17) is 0 Å². The molecule has 47 heavy (non-hydrogen) atoms. The molecule has 0 aliphatic heterocycles. The van der Waals surface area contributed by atoms with Crippen molar-refractivity contribution in [2.75, 3.05) is 11.5 Å². The average Bonchev–Trinajstić information content (AvgIpc) is 3.08. The summed E-state index contributed by atoms with van der Waals surface area (Å²) < 4.78 is 0. The lowest BCUT2D eigenvalue weighted by Crippen LogP contribution is -1.85. The van der Waals surface area contributed by atoms with Gasteiger partial charge in [-0.2, -0.15) is 0 Å². The Morgan fingerprint density at radius 1 is 0.191 bits per heavy atom. The smallest absolute Gasteiger partial charge is 0.00451 e. The highest BCUT2D eigenvalue weighted by molar-refractivity contribution is 9.09. The van der Waals surface area contributed by atoms with E-state index in [-0.39, 0.29) is 0 Å². The fourth-order valence-corrected chi connectivity index (χ4v) is 10.9. The van der Waals surface area contributed by atoms with Crippen LogP contribution in [0, 0.1) is 0 Å². The average molecular weight is 715 g/mol. The first-order valence-electron chi connectivity index (χ1n) is 22.3. The lowest BCUT2D eigenvalue weighted by molar-refractivity contribution is 0.523. The molecule has 0 radical (unpaired) electrons. The minimum atomic E-state index is 1.36. The van der Waals surface area contributed by atoms with Gasteiger partial charge in [0.05, 0.1) is 0 Å². The molecule has 0 aromatic rings. The Morgan fingerprint density at radius 3 is 0.511 bits per heavy atom. The van der Waals surface area contributed by atoms with Gasteiger partial charge in [-0.15, -0.1) is 0 Å². The Labute approximate surface area is 312 Å². The molecule has 0 spiro atoms. The van der Waals surface area contributed by atoms with Crippen molar-refractivity contribution >= 4 is 31.4 Å². The molecular weight excluding hydrogens is 625 g/mol. The standard InChI is InChI=1S/C44H90S3/c1-3-5-7-9-11-13-15-17-19-21-23-25-27-29-31-33-35-37-39-41-43-45-47-46-44-42-40-38-36-34-32-30-28-26-24-22-20-18-16-14-12-10-8-6-4-2/h3-44H2,1-2H3. The lowest BCUT2D eigenvalue weighted by atomic mass is 10.0. The van der Waals surface area contributed by atoms with Crippen LogP contribution >= 0.6 is 31.4 Å². The molecule has 0 rings (SSSR count). The highest BCUT2D eigenvalue weighted by Gasteiger charge is 1.98. The summed E-state index contributed by atoms with van der Waals surface area (Å²) in [5, 5.41) is 0. The summed E-state index contributed by atoms with van der Waals surface area (Å²) in [6.45, 7) is 4.62. The molecular formula is C44H90S3. The number of unbranched alkanes of at least 4 members (excludes halogenated alkanes) is 38. The van der Waals surface area contributed by atoms with Crippen LogP contribution in [0.1, 0.15) is 271 Å². The van der Waals surface area contributed by atoms with Crippen molar-refractivity contribution < 1.29 is 0 Å². The van der Waals surface area contributed by atoms with Crippen molar-refractivity contribution in [1.82, 2.24) is 0 Å². The summed E-state index contributed by atoms with van der Waals surface area (Å²) in [6.07, 6.45) is 58.9. The molecule has 0 aromatic heterocycles. The largest absolute Gasteiger partial charge is 0.0826 e. The highest BCUT2D eigenvalue weighted by Crippen LogP contribution is 2.36. The Morgan fingerprint density at radius 2 is 0.340 bits per heavy atom. The first kappa shape index (κ1) is 48.0. The van der Waals surface area contributed by atoms with E-state index in [1.165, 1.54) is 268 Å². The van der Waals surface area contributed by atoms with Gasteiger partial charge in [-0.1, -0.05) is 279 Å². The third-order valence-electron chi connectivity index (χ3n) is 10.3. The van der Waals surface area contributed by atoms with Crippen molar-refractivity contribution in [2.24, 2.45) is 0 Å². The van der Waals surface area contributed by atoms with Crippen molar-refractivity contribution in [3.63, 3.8) is 0 Å². The molecule has 0 amide bonds. The van der Waals surface area contributed by atoms with Gasteiger partial charge in [0.25, 0.3) is 0 Å². The second-order valence-corrected chi connectivity index (χ2v) is 19.6. The van der Waals surface area contributed by atoms with E-state index in [1.54, 1.807) is 0 Å². The molecule has 0 atom stereocenters. The highest BCUT2D eigenvalue weighted by atomic mass is 33.5. The minimum Gasteiger partial charge on any atom is -0.0826 e. The van der Waals surface area contributed by atoms with Crippen LogP contribution < -0.4 is 0 Å². The topological polar surface area (TPSA) is 0 Å². The Kier molecular flexibility index (Phi) is 48.1. The van der Waals surface area contributed by atoms with Gasteiger partial charge >= 0.3 is 0 Å². The van der Waals surface area contributed by atoms with E-state index in [2.05, 4.69) is 45.3 Å². The van der Waals surface area contributed by atoms with Crippen LogP contribution in [0.15, 0.2) is 0 Å². The van der Waals surface area contributed by atoms with Gasteiger partial charge in [-0.3, -0.25) is 0 Å². The van der Waals surface area contributed by atoms with Crippen molar-refractivity contribution in [3.05, 3.63) is 0 Å². The van der Waals surface area contributed by atoms with Crippen molar-refractivity contribution in [2.45, 2.75) is 271 Å². The summed E-state index contributed by atoms with van der Waals surface area (Å²) in [7, 11) is 6.30. The first-order valence-corrected chi connectivity index (χ1v) is 26.1. The molecule has 0 fully saturated rings. The molecule has 0 unspecified atom stereocenters. The summed E-state index contributed by atoms with van der Waals surface area (Å²) in [5.74, 6) is 2.71. The lowest BCUT2D eigenvalue weighted by Gasteiger charge is -2.04. The normalized spacial score (nSPS) is 11.6. The van der Waals surface area contributed by atoms with E-state index >= 15 is 0 Å². The van der Waals surface area contributed by atoms with Crippen molar-refractivity contribution in [3.8, 4) is 0 Å². The fraction of sp³-hybridized carbons (Fsp3) is 1.00. The predicted octanol–water partition coefficient (Wildman–Crippen LogP) is 18.7. The molecule has 0 heterocycles. The summed E-state index contributed by atoms with van der Waals surface area (Å²) >= 11 is 0. The van der Waals surface area contributed by atoms with Crippen LogP contribution in [0.25, 0.3) is 0 Å². The van der Waals surface area contributed by atoms with E-state index in [1.807, 2.05) is 0 Å². The maximum Gasteiger partial charge on any atom is 0.00451 e. The SMILES string of the molecule is CCCCCCCCCCCCCCCCCCCCCCSSSCCCCCCCCCCCCCCCCCCCCCC. The number of hydrogen-bond acceptors (Lipinski definition) is 3. The van der Waals surface area contributed by atoms with Gasteiger partial charge in [0.2, 0.25) is 0 Å². The molecule has 284 valence electrons. The van der Waals surface area contributed by atoms with Gasteiger partial charge in [0.1, 0.15) is 0 Å². The molecule has 3 heteroatoms. The van der Waals surface area contributed by atoms with Crippen LogP contribution in [0.4, 0.5) is 0 Å². The van der Waals surface area contributed by atoms with E-state index in [9.17, 15) is 0 Å². The van der Waals surface area contributed by atoms with Crippen LogP contribution in [-0.2, 0) is 0 Å². The second-order valence-electron chi connectivity index (χ2n) is 15.1. The van der Waals surface area contributed by atoms with E-state index in [0.29, 0.717) is 0 Å². The van der Waals surface area contributed by atoms with Gasteiger partial charge in [0, 0.05) is 11.5 Å². The van der Waals surface area contributed by atoms with Crippen LogP contribution in [0.5, 0.6) is 0 Å². The van der Waals surface area contributed by atoms with E-state index < -0.39 is 0 Å². The molecule has 0 saturated carbocycles. The third-order valence-corrected chi connectivity index (χ3v) is 14.7. The Balaban J connectivity index is 3.03. The molecule has 0 saturated heterocycles. The maximum absolute atomic E-state index is 2.31. The monoisotopic (exact) mass is 715 g/mol. The van der Waals surface area contributed by atoms with E-state index in [0.717, 1.165) is 0 Å². The molecule has 0 aliphatic rings. The minimum absolute atomic E-state index is 1.36. The zero-order valence-electron chi connectivity index (χ0n) is 32.9.